The second-order valence-electron chi connectivity index (χ2n) is 28.2. The first-order valence-electron chi connectivity index (χ1n) is 40.9. The second-order valence-corrected chi connectivity index (χ2v) is 28.2. The van der Waals surface area contributed by atoms with E-state index in [0.29, 0.717) is 136 Å². The van der Waals surface area contributed by atoms with E-state index in [-0.39, 0.29) is 117 Å². The molecule has 688 valence electrons. The molecule has 6 heterocycles. The van der Waals surface area contributed by atoms with Gasteiger partial charge in [-0.05, 0) is 70.7 Å². The van der Waals surface area contributed by atoms with Crippen molar-refractivity contribution < 1.29 is 115 Å². The van der Waals surface area contributed by atoms with Gasteiger partial charge in [-0.15, -0.1) is 5.10 Å². The average Bonchev–Trinajstić information content (AvgIpc) is 1.47. The van der Waals surface area contributed by atoms with E-state index >= 15 is 0 Å². The molecule has 5 aromatic heterocycles. The zero-order chi connectivity index (χ0) is 89.9. The molecule has 0 saturated carbocycles. The van der Waals surface area contributed by atoms with Crippen LogP contribution in [-0.2, 0) is 128 Å². The van der Waals surface area contributed by atoms with Crippen molar-refractivity contribution in [2.45, 2.75) is 146 Å². The summed E-state index contributed by atoms with van der Waals surface area (Å²) in [5, 5.41) is 68.8. The zero-order valence-corrected chi connectivity index (χ0v) is 70.0. The number of anilines is 2. The number of ether oxygens (including phenoxy) is 10. The Morgan fingerprint density at radius 1 is 0.608 bits per heavy atom. The maximum absolute atomic E-state index is 14.8. The van der Waals surface area contributed by atoms with Crippen molar-refractivity contribution in [1.29, 1.82) is 0 Å². The molecule has 9 atom stereocenters. The van der Waals surface area contributed by atoms with E-state index < -0.39 is 145 Å². The molecule has 0 fully saturated rings. The van der Waals surface area contributed by atoms with Gasteiger partial charge in [0.15, 0.2) is 11.2 Å². The molecule has 125 heavy (non-hydrogen) atoms. The number of carbonyl (C=O) groups excluding carboxylic acids is 10. The van der Waals surface area contributed by atoms with Gasteiger partial charge in [0, 0.05) is 93.0 Å². The van der Waals surface area contributed by atoms with Crippen LogP contribution in [-0.4, -0.2) is 341 Å². The number of fused-ring (bicyclic) bond motifs is 3. The Kier molecular flexibility index (Phi) is 45.7. The molecule has 2 bridgehead atoms. The highest BCUT2D eigenvalue weighted by Crippen LogP contribution is 2.15. The Bertz CT molecular complexity index is 4340. The van der Waals surface area contributed by atoms with Crippen molar-refractivity contribution in [3.63, 3.8) is 0 Å². The number of aromatic amines is 3. The number of nitrogen functional groups attached to an aromatic ring is 1. The van der Waals surface area contributed by atoms with Gasteiger partial charge in [0.1, 0.15) is 48.3 Å². The number of benzene rings is 1. The monoisotopic (exact) mass is 1760 g/mol. The van der Waals surface area contributed by atoms with Gasteiger partial charge in [0.05, 0.1) is 182 Å². The van der Waals surface area contributed by atoms with Crippen LogP contribution in [0, 0.1) is 0 Å². The molecule has 0 radical (unpaired) electrons. The van der Waals surface area contributed by atoms with Crippen LogP contribution in [0.5, 0.6) is 0 Å². The highest BCUT2D eigenvalue weighted by molar-refractivity contribution is 5.99. The molecule has 7 rings (SSSR count). The van der Waals surface area contributed by atoms with Crippen LogP contribution in [0.1, 0.15) is 92.4 Å². The molecule has 1 aliphatic heterocycles. The third kappa shape index (κ3) is 38.5. The molecule has 19 N–H and O–H groups in total. The Morgan fingerprint density at radius 3 is 1.68 bits per heavy atom. The van der Waals surface area contributed by atoms with Crippen molar-refractivity contribution >= 4 is 87.8 Å². The number of nitrogens with two attached hydrogens (primary N) is 1. The van der Waals surface area contributed by atoms with Gasteiger partial charge in [-0.1, -0.05) is 5.21 Å². The minimum Gasteiger partial charge on any atom is -0.480 e. The highest BCUT2D eigenvalue weighted by Gasteiger charge is 2.36. The number of carboxylic acids is 1. The van der Waals surface area contributed by atoms with Crippen molar-refractivity contribution in [2.75, 3.05) is 163 Å². The lowest BCUT2D eigenvalue weighted by atomic mass is 10.1. The lowest BCUT2D eigenvalue weighted by Crippen LogP contribution is -2.62. The van der Waals surface area contributed by atoms with Crippen LogP contribution in [0.25, 0.3) is 11.2 Å². The van der Waals surface area contributed by atoms with Gasteiger partial charge in [0.25, 0.3) is 11.5 Å². The molecule has 1 aliphatic rings. The molecule has 48 heteroatoms. The fraction of sp³-hybridized carbons (Fsp3) is 0.597. The molecule has 48 nitrogen and oxygen atoms in total. The van der Waals surface area contributed by atoms with Crippen molar-refractivity contribution in [3.05, 3.63) is 100 Å². The predicted molar refractivity (Wildman–Crippen MR) is 439 cm³/mol. The molecular formula is C77H115N23O25. The molecular weight excluding hydrogens is 1650 g/mol. The number of aliphatic hydroxyl groups excluding tert-OH is 2. The van der Waals surface area contributed by atoms with Crippen LogP contribution >= 0.6 is 0 Å². The first-order valence-corrected chi connectivity index (χ1v) is 40.9. The van der Waals surface area contributed by atoms with Crippen molar-refractivity contribution in [3.8, 4) is 0 Å². The van der Waals surface area contributed by atoms with E-state index in [1.165, 1.54) is 80.2 Å². The van der Waals surface area contributed by atoms with Crippen LogP contribution in [0.2, 0.25) is 0 Å². The number of amides is 10. The maximum atomic E-state index is 14.8. The van der Waals surface area contributed by atoms with E-state index in [2.05, 4.69) is 109 Å². The predicted octanol–water partition coefficient (Wildman–Crippen LogP) is -5.58. The summed E-state index contributed by atoms with van der Waals surface area (Å²) in [7, 11) is 0. The van der Waals surface area contributed by atoms with Crippen LogP contribution in [0.3, 0.4) is 0 Å². The smallest absolute Gasteiger partial charge is 0.326 e. The molecule has 0 spiro atoms. The Balaban J connectivity index is 0.900. The minimum atomic E-state index is -1.85. The summed E-state index contributed by atoms with van der Waals surface area (Å²) in [6.07, 6.45) is 5.13. The number of aliphatic hydroxyl groups is 2. The third-order valence-electron chi connectivity index (χ3n) is 18.4. The van der Waals surface area contributed by atoms with E-state index in [4.69, 9.17) is 53.1 Å². The van der Waals surface area contributed by atoms with E-state index in [9.17, 15) is 72.9 Å². The zero-order valence-electron chi connectivity index (χ0n) is 70.0. The molecule has 6 aromatic rings. The number of carboxylic acid groups (broad SMARTS) is 1. The van der Waals surface area contributed by atoms with E-state index in [0.717, 1.165) is 0 Å². The number of aliphatic carboxylic acids is 1. The van der Waals surface area contributed by atoms with Crippen LogP contribution in [0.4, 0.5) is 11.6 Å². The van der Waals surface area contributed by atoms with Crippen LogP contribution < -0.4 is 69.8 Å². The highest BCUT2D eigenvalue weighted by atomic mass is 16.6. The number of H-pyrrole nitrogens is 3. The summed E-state index contributed by atoms with van der Waals surface area (Å²) in [5.41, 5.74) is 6.63. The summed E-state index contributed by atoms with van der Waals surface area (Å²) in [4.78, 5) is 192. The molecule has 0 aliphatic carbocycles. The third-order valence-corrected chi connectivity index (χ3v) is 18.4. The minimum absolute atomic E-state index is 0.00192. The number of aryl methyl sites for hydroxylation is 1. The van der Waals surface area contributed by atoms with Gasteiger partial charge in [0.2, 0.25) is 59.1 Å². The second kappa shape index (κ2) is 56.9. The first kappa shape index (κ1) is 100. The Hall–Kier alpha value is -11.7. The number of imidazole rings is 2. The quantitative estimate of drug-likeness (QED) is 0.0158. The van der Waals surface area contributed by atoms with Gasteiger partial charge < -0.3 is 137 Å². The fourth-order valence-electron chi connectivity index (χ4n) is 11.8. The van der Waals surface area contributed by atoms with E-state index in [1.807, 2.05) is 6.92 Å². The van der Waals surface area contributed by atoms with E-state index in [1.54, 1.807) is 0 Å². The summed E-state index contributed by atoms with van der Waals surface area (Å²) in [6.45, 7) is 10.9. The van der Waals surface area contributed by atoms with Gasteiger partial charge in [-0.2, -0.15) is 4.98 Å². The van der Waals surface area contributed by atoms with Gasteiger partial charge >= 0.3 is 5.97 Å². The maximum Gasteiger partial charge on any atom is 0.326 e. The number of hydrogen-bond acceptors (Lipinski definition) is 33. The lowest BCUT2D eigenvalue weighted by molar-refractivity contribution is -0.139. The summed E-state index contributed by atoms with van der Waals surface area (Å²) >= 11 is 0. The average molecular weight is 1760 g/mol. The normalized spacial score (nSPS) is 18.4. The molecule has 1 aromatic carbocycles. The molecule has 0 unspecified atom stereocenters. The number of nitrogens with zero attached hydrogens (tertiary/aromatic N) is 8. The lowest BCUT2D eigenvalue weighted by Gasteiger charge is -2.27. The molecule has 10 amide bonds. The van der Waals surface area contributed by atoms with Crippen molar-refractivity contribution in [1.82, 2.24) is 108 Å². The summed E-state index contributed by atoms with van der Waals surface area (Å²) in [6, 6.07) is -6.91. The number of rotatable bonds is 51. The molecule has 0 saturated heterocycles. The number of carbonyl (C=O) groups is 11. The SMILES string of the molecule is CCNC(=O)CCOCCOCCOCCOCCOCCOCCOCCOCCOCCOCCNC(=O)[C@@H]1CCCCn2cc(nn2)C[C@H](NC(=O)CC[C@H](NC(=O)c2ccc(NCc3cnc4nc(N)[nH]c(=O)c4n3)cc2)C(=O)O)C(=O)N[C@H](Cc2cnc[nH]2)C(=O)N[C@H](CO)C(=O)N[C@H](Cc2cnc[nH]2)C(=O)N[C@H]([C@H](C)O)C(=O)N[C@H](C)C(=O)N1. The number of hydrogen-bond donors (Lipinski definition) is 18. The Morgan fingerprint density at radius 2 is 1.14 bits per heavy atom. The largest absolute Gasteiger partial charge is 0.480 e. The van der Waals surface area contributed by atoms with Gasteiger partial charge in [-0.25, -0.2) is 24.7 Å². The standard InChI is InChI=1S/C77H115N23O25/c1-4-81-62(103)14-17-116-19-21-118-23-25-120-27-29-122-31-33-124-35-36-125-34-32-123-30-28-121-26-24-119-22-20-117-18-15-82-69(107)56-7-5-6-16-100-44-54(98-99-100)39-58(89-63(104)13-12-57(76(114)115)91-68(106)50-8-10-51(11-9-50)83-42-55-43-84-66-65(88-55)75(113)97-77(78)96-66)70(108)92-59(37-52-40-79-46-85-52)71(109)94-61(45-101)73(111)93-60(38-53-41-80-47-86-53)72(110)95-64(49(3)102)74(112)87-48(2)67(105)90-56/h8-11,40-41,43-44,46-49,56-61,64,83,101-102H,4-7,12-39,42,45H2,1-3H3,(H,79,85)(H,80,86)(H,81,103)(H,82,107)(H,87,112)(H,89,104)(H,90,105)(H,91,106)(H,92,108)(H,93,111)(H,94,109)(H,95,110)(H,114,115)(H3,78,84,96,97,113)/t48-,49+,56+,57+,58+,59-,60-,61-,64-/m1/s1. The topological polar surface area (TPSA) is 659 Å². The van der Waals surface area contributed by atoms with Crippen LogP contribution in [0.15, 0.2) is 66.5 Å². The fourth-order valence-corrected chi connectivity index (χ4v) is 11.8. The number of nitrogens with one attached hydrogen (secondary N) is 14. The first-order chi connectivity index (χ1) is 60.5. The van der Waals surface area contributed by atoms with Crippen molar-refractivity contribution in [2.24, 2.45) is 0 Å². The number of aromatic nitrogens is 11. The Labute approximate surface area is 718 Å². The summed E-state index contributed by atoms with van der Waals surface area (Å²) < 4.78 is 56.7. The van der Waals surface area contributed by atoms with Gasteiger partial charge in [-0.3, -0.25) is 62.4 Å². The summed E-state index contributed by atoms with van der Waals surface area (Å²) in [5.74, 6) is -10.2.